The van der Waals surface area contributed by atoms with E-state index in [1.54, 1.807) is 0 Å². The summed E-state index contributed by atoms with van der Waals surface area (Å²) in [5.41, 5.74) is 0. The molecule has 3 heteroatoms. The molecule has 0 saturated heterocycles. The van der Waals surface area contributed by atoms with Crippen LogP contribution in [0.15, 0.2) is 0 Å². The zero-order valence-electron chi connectivity index (χ0n) is 5.86. The van der Waals surface area contributed by atoms with Gasteiger partial charge in [0.15, 0.2) is 0 Å². The van der Waals surface area contributed by atoms with Crippen LogP contribution >= 0.6 is 34.4 Å². The zero-order chi connectivity index (χ0) is 6.78. The number of hydrogen-bond acceptors (Lipinski definition) is 1. The Hall–Kier alpha value is 1.30. The van der Waals surface area contributed by atoms with Gasteiger partial charge >= 0.3 is 0 Å². The second-order valence-electron chi connectivity index (χ2n) is 2.92. The first-order valence-electron chi connectivity index (χ1n) is 2.65. The molecule has 0 aromatic rings. The van der Waals surface area contributed by atoms with Crippen molar-refractivity contribution in [1.82, 2.24) is 0 Å². The van der Waals surface area contributed by atoms with Gasteiger partial charge in [-0.3, -0.25) is 0 Å². The first kappa shape index (κ1) is 9.30. The molecule has 8 heavy (non-hydrogen) atoms. The Morgan fingerprint density at radius 1 is 1.38 bits per heavy atom. The maximum atomic E-state index is 2.54. The van der Waals surface area contributed by atoms with E-state index >= 15 is 0 Å². The summed E-state index contributed by atoms with van der Waals surface area (Å²) in [6, 6.07) is 0. The molecule has 0 aromatic heterocycles. The Labute approximate surface area is 71.0 Å². The number of rotatable bonds is 2. The van der Waals surface area contributed by atoms with Gasteiger partial charge in [0.05, 0.1) is 8.07 Å². The molecule has 0 amide bonds. The van der Waals surface area contributed by atoms with E-state index in [2.05, 4.69) is 48.5 Å². The van der Waals surface area contributed by atoms with Gasteiger partial charge in [0.2, 0.25) is 0 Å². The van der Waals surface area contributed by atoms with Crippen molar-refractivity contribution in [3.05, 3.63) is 0 Å². The van der Waals surface area contributed by atoms with Crippen LogP contribution in [-0.2, 0) is 0 Å². The van der Waals surface area contributed by atoms with Crippen LogP contribution in [-0.4, -0.2) is 17.2 Å². The molecule has 0 heterocycles. The van der Waals surface area contributed by atoms with Crippen LogP contribution in [0.5, 0.6) is 0 Å². The van der Waals surface area contributed by atoms with E-state index in [1.165, 1.54) is 0 Å². The Morgan fingerprint density at radius 3 is 1.75 bits per heavy atom. The Balaban J connectivity index is 3.62. The van der Waals surface area contributed by atoms with Gasteiger partial charge in [-0.1, -0.05) is 42.2 Å². The third kappa shape index (κ3) is 3.35. The molecule has 50 valence electrons. The van der Waals surface area contributed by atoms with Gasteiger partial charge in [0.25, 0.3) is 0 Å². The second kappa shape index (κ2) is 3.46. The normalized spacial score (nSPS) is 16.1. The van der Waals surface area contributed by atoms with E-state index in [0.29, 0.717) is 0 Å². The summed E-state index contributed by atoms with van der Waals surface area (Å²) in [4.78, 5) is 0. The highest BCUT2D eigenvalue weighted by Crippen LogP contribution is 2.25. The minimum atomic E-state index is -0.811. The Bertz CT molecular complexity index is 69.3. The van der Waals surface area contributed by atoms with Crippen LogP contribution < -0.4 is 0 Å². The van der Waals surface area contributed by atoms with Crippen molar-refractivity contribution in [2.45, 2.75) is 22.5 Å². The van der Waals surface area contributed by atoms with E-state index in [1.807, 2.05) is 11.8 Å². The van der Waals surface area contributed by atoms with Crippen molar-refractivity contribution in [2.24, 2.45) is 0 Å². The average Bonchev–Trinajstić information content (AvgIpc) is 1.62. The van der Waals surface area contributed by atoms with E-state index in [0.717, 1.165) is 2.88 Å². The molecular weight excluding hydrogens is 247 g/mol. The lowest BCUT2D eigenvalue weighted by Gasteiger charge is -2.20. The van der Waals surface area contributed by atoms with Crippen molar-refractivity contribution < 1.29 is 0 Å². The molecule has 0 aliphatic heterocycles. The van der Waals surface area contributed by atoms with E-state index in [-0.39, 0.29) is 0 Å². The molecule has 1 atom stereocenters. The topological polar surface area (TPSA) is 0 Å². The fourth-order valence-electron chi connectivity index (χ4n) is 0.354. The van der Waals surface area contributed by atoms with Gasteiger partial charge in [-0.15, -0.1) is 0 Å². The predicted molar refractivity (Wildman–Crippen MR) is 54.7 cm³/mol. The molecule has 0 aliphatic rings. The summed E-state index contributed by atoms with van der Waals surface area (Å²) in [5, 5.41) is 0. The predicted octanol–water partition coefficient (Wildman–Crippen LogP) is 2.99. The molecule has 0 aromatic carbocycles. The average molecular weight is 260 g/mol. The van der Waals surface area contributed by atoms with Crippen molar-refractivity contribution in [3.63, 3.8) is 0 Å². The molecule has 1 unspecified atom stereocenters. The van der Waals surface area contributed by atoms with Crippen LogP contribution in [0.2, 0.25) is 19.6 Å². The molecule has 0 aliphatic carbocycles. The van der Waals surface area contributed by atoms with Crippen molar-refractivity contribution in [2.75, 3.05) is 6.26 Å². The van der Waals surface area contributed by atoms with Crippen molar-refractivity contribution >= 4 is 42.4 Å². The SMILES string of the molecule is CSC(I)[Si](C)(C)C. The maximum absolute atomic E-state index is 2.54. The summed E-state index contributed by atoms with van der Waals surface area (Å²) in [6.45, 7) is 7.21. The van der Waals surface area contributed by atoms with E-state index in [4.69, 9.17) is 0 Å². The number of halogens is 1. The lowest BCUT2D eigenvalue weighted by molar-refractivity contribution is 1.65. The Morgan fingerprint density at radius 2 is 1.75 bits per heavy atom. The number of alkyl halides is 1. The van der Waals surface area contributed by atoms with Crippen molar-refractivity contribution in [1.29, 1.82) is 0 Å². The summed E-state index contributed by atoms with van der Waals surface area (Å²) in [7, 11) is -0.811. The second-order valence-corrected chi connectivity index (χ2v) is 12.9. The molecule has 0 saturated carbocycles. The monoisotopic (exact) mass is 260 g/mol. The molecule has 0 fully saturated rings. The largest absolute Gasteiger partial charge is 0.155 e. The summed E-state index contributed by atoms with van der Waals surface area (Å²) >= 11 is 4.52. The van der Waals surface area contributed by atoms with E-state index in [9.17, 15) is 0 Å². The maximum Gasteiger partial charge on any atom is 0.0711 e. The minimum absolute atomic E-state index is 0.811. The standard InChI is InChI=1S/C5H13ISSi/c1-7-5(6)8(2,3)4/h5H,1-4H3. The molecular formula is C5H13ISSi. The third-order valence-electron chi connectivity index (χ3n) is 0.888. The summed E-state index contributed by atoms with van der Waals surface area (Å²) < 4.78 is 0.875. The van der Waals surface area contributed by atoms with Gasteiger partial charge < -0.3 is 0 Å². The minimum Gasteiger partial charge on any atom is -0.155 e. The molecule has 0 N–H and O–H groups in total. The fraction of sp³-hybridized carbons (Fsp3) is 1.00. The Kier molecular flexibility index (Phi) is 4.02. The molecule has 0 nitrogen and oxygen atoms in total. The highest BCUT2D eigenvalue weighted by atomic mass is 127. The fourth-order valence-corrected chi connectivity index (χ4v) is 3.18. The first-order chi connectivity index (χ1) is 3.48. The first-order valence-corrected chi connectivity index (χ1v) is 8.76. The van der Waals surface area contributed by atoms with E-state index < -0.39 is 8.07 Å². The number of thioether (sulfide) groups is 1. The van der Waals surface area contributed by atoms with Gasteiger partial charge in [-0.2, -0.15) is 11.8 Å². The van der Waals surface area contributed by atoms with Gasteiger partial charge in [-0.05, 0) is 6.26 Å². The molecule has 0 bridgehead atoms. The molecule has 0 radical (unpaired) electrons. The number of hydrogen-bond donors (Lipinski definition) is 0. The van der Waals surface area contributed by atoms with Gasteiger partial charge in [0.1, 0.15) is 0 Å². The van der Waals surface area contributed by atoms with Gasteiger partial charge in [-0.25, -0.2) is 0 Å². The summed E-state index contributed by atoms with van der Waals surface area (Å²) in [6.07, 6.45) is 2.19. The highest BCUT2D eigenvalue weighted by Gasteiger charge is 2.22. The van der Waals surface area contributed by atoms with Crippen molar-refractivity contribution in [3.8, 4) is 0 Å². The third-order valence-corrected chi connectivity index (χ3v) is 12.6. The van der Waals surface area contributed by atoms with Crippen LogP contribution in [0.25, 0.3) is 0 Å². The zero-order valence-corrected chi connectivity index (χ0v) is 9.84. The highest BCUT2D eigenvalue weighted by molar-refractivity contribution is 14.1. The van der Waals surface area contributed by atoms with Crippen LogP contribution in [0.3, 0.4) is 0 Å². The quantitative estimate of drug-likeness (QED) is 0.418. The van der Waals surface area contributed by atoms with Crippen LogP contribution in [0.4, 0.5) is 0 Å². The van der Waals surface area contributed by atoms with Gasteiger partial charge in [0, 0.05) is 2.88 Å². The van der Waals surface area contributed by atoms with Crippen LogP contribution in [0, 0.1) is 0 Å². The lowest BCUT2D eigenvalue weighted by Crippen LogP contribution is -2.30. The molecule has 0 rings (SSSR count). The molecule has 0 spiro atoms. The lowest BCUT2D eigenvalue weighted by atomic mass is 11.7. The smallest absolute Gasteiger partial charge is 0.0711 e. The van der Waals surface area contributed by atoms with Crippen LogP contribution in [0.1, 0.15) is 0 Å². The summed E-state index contributed by atoms with van der Waals surface area (Å²) in [5.74, 6) is 0.